The van der Waals surface area contributed by atoms with E-state index in [1.807, 2.05) is 36.4 Å². The summed E-state index contributed by atoms with van der Waals surface area (Å²) in [6.07, 6.45) is 7.06. The van der Waals surface area contributed by atoms with Gasteiger partial charge in [0.2, 0.25) is 8.32 Å². The minimum absolute atomic E-state index is 0.0109. The molecular formula is C29H36N2O6Si. The van der Waals surface area contributed by atoms with Gasteiger partial charge in [-0.15, -0.1) is 0 Å². The lowest BCUT2D eigenvalue weighted by molar-refractivity contribution is -0.384. The average molecular weight is 537 g/mol. The van der Waals surface area contributed by atoms with Crippen molar-refractivity contribution < 1.29 is 23.7 Å². The molecule has 2 aromatic rings. The Morgan fingerprint density at radius 1 is 1.18 bits per heavy atom. The molecule has 0 radical (unpaired) electrons. The first-order valence-electron chi connectivity index (χ1n) is 12.7. The quantitative estimate of drug-likeness (QED) is 0.109. The summed E-state index contributed by atoms with van der Waals surface area (Å²) in [7, 11) is -2.02. The zero-order valence-corrected chi connectivity index (χ0v) is 23.6. The van der Waals surface area contributed by atoms with Crippen LogP contribution in [0.2, 0.25) is 18.1 Å². The van der Waals surface area contributed by atoms with Gasteiger partial charge in [-0.25, -0.2) is 9.69 Å². The molecule has 3 rings (SSSR count). The van der Waals surface area contributed by atoms with Crippen molar-refractivity contribution in [2.75, 3.05) is 6.61 Å². The molecule has 0 aliphatic carbocycles. The van der Waals surface area contributed by atoms with Crippen LogP contribution in [0.25, 0.3) is 0 Å². The number of rotatable bonds is 10. The fourth-order valence-corrected chi connectivity index (χ4v) is 4.59. The smallest absolute Gasteiger partial charge is 0.417 e. The zero-order chi connectivity index (χ0) is 27.9. The number of nitrogens with zero attached hydrogens (tertiary/aromatic N) is 2. The van der Waals surface area contributed by atoms with E-state index in [2.05, 4.69) is 33.9 Å². The van der Waals surface area contributed by atoms with Gasteiger partial charge < -0.3 is 9.16 Å². The molecule has 9 heteroatoms. The molecule has 38 heavy (non-hydrogen) atoms. The maximum atomic E-state index is 13.0. The van der Waals surface area contributed by atoms with Gasteiger partial charge in [0, 0.05) is 18.1 Å². The second kappa shape index (κ2) is 12.2. The monoisotopic (exact) mass is 536 g/mol. The molecule has 0 bridgehead atoms. The number of benzene rings is 2. The average Bonchev–Trinajstić information content (AvgIpc) is 3.22. The number of nitro groups is 1. The van der Waals surface area contributed by atoms with Crippen LogP contribution in [-0.4, -0.2) is 42.8 Å². The number of hydrogen-bond acceptors (Lipinski definition) is 6. The summed E-state index contributed by atoms with van der Waals surface area (Å²) in [5, 5.41) is 11.1. The molecule has 0 N–H and O–H groups in total. The highest BCUT2D eigenvalue weighted by molar-refractivity contribution is 6.74. The fraction of sp³-hybridized carbons (Fsp3) is 0.379. The SMILES string of the molecule is CC(C)(C)[Si](C)(C)O/C=C\[C@H](C/C=C/C(=O)N1C(=O)OC[C@@H]1Cc1ccccc1)c1ccc([N+](=O)[O-])cc1. The highest BCUT2D eigenvalue weighted by Crippen LogP contribution is 2.37. The lowest BCUT2D eigenvalue weighted by atomic mass is 9.95. The fourth-order valence-electron chi connectivity index (χ4n) is 3.81. The summed E-state index contributed by atoms with van der Waals surface area (Å²) in [4.78, 5) is 37.1. The molecule has 2 atom stereocenters. The van der Waals surface area contributed by atoms with Crippen LogP contribution in [-0.2, 0) is 20.4 Å². The molecule has 1 aliphatic heterocycles. The lowest BCUT2D eigenvalue weighted by Gasteiger charge is -2.35. The van der Waals surface area contributed by atoms with Gasteiger partial charge in [-0.05, 0) is 54.3 Å². The molecule has 0 spiro atoms. The van der Waals surface area contributed by atoms with Crippen molar-refractivity contribution in [3.05, 3.63) is 100 Å². The number of amides is 2. The summed E-state index contributed by atoms with van der Waals surface area (Å²) in [6.45, 7) is 10.9. The number of allylic oxidation sites excluding steroid dienone is 2. The highest BCUT2D eigenvalue weighted by Gasteiger charge is 2.38. The standard InChI is InChI=1S/C29H36N2O6Si/c1-29(2,3)38(4,5)37-19-18-23(24-14-16-25(17-15-24)31(34)35)12-9-13-27(32)30-26(21-36-28(30)33)20-22-10-7-6-8-11-22/h6-11,13-19,23,26H,12,20-21H2,1-5H3/b13-9+,19-18-/t23-,26-/m0/s1. The van der Waals surface area contributed by atoms with Gasteiger partial charge in [0.1, 0.15) is 6.61 Å². The Bertz CT molecular complexity index is 1190. The first-order valence-corrected chi connectivity index (χ1v) is 15.6. The van der Waals surface area contributed by atoms with Crippen LogP contribution in [0.1, 0.15) is 44.2 Å². The number of carbonyl (C=O) groups is 2. The minimum Gasteiger partial charge on any atom is -0.549 e. The van der Waals surface area contributed by atoms with E-state index < -0.39 is 25.2 Å². The minimum atomic E-state index is -2.02. The number of carbonyl (C=O) groups excluding carboxylic acids is 2. The summed E-state index contributed by atoms with van der Waals surface area (Å²) >= 11 is 0. The molecule has 1 heterocycles. The van der Waals surface area contributed by atoms with Crippen molar-refractivity contribution in [1.82, 2.24) is 4.90 Å². The van der Waals surface area contributed by atoms with Gasteiger partial charge in [-0.3, -0.25) is 14.9 Å². The molecular weight excluding hydrogens is 500 g/mol. The van der Waals surface area contributed by atoms with E-state index in [0.717, 1.165) is 11.1 Å². The Labute approximate surface area is 225 Å². The van der Waals surface area contributed by atoms with Crippen LogP contribution in [0.5, 0.6) is 0 Å². The van der Waals surface area contributed by atoms with Crippen molar-refractivity contribution in [3.8, 4) is 0 Å². The highest BCUT2D eigenvalue weighted by atomic mass is 28.4. The topological polar surface area (TPSA) is 99.0 Å². The van der Waals surface area contributed by atoms with E-state index in [-0.39, 0.29) is 29.3 Å². The zero-order valence-electron chi connectivity index (χ0n) is 22.6. The van der Waals surface area contributed by atoms with Crippen LogP contribution < -0.4 is 0 Å². The van der Waals surface area contributed by atoms with Crippen LogP contribution >= 0.6 is 0 Å². The molecule has 2 amide bonds. The maximum Gasteiger partial charge on any atom is 0.417 e. The van der Waals surface area contributed by atoms with Gasteiger partial charge in [-0.2, -0.15) is 0 Å². The molecule has 1 aliphatic rings. The normalized spacial score (nSPS) is 17.1. The molecule has 0 unspecified atom stereocenters. The third-order valence-electron chi connectivity index (χ3n) is 7.17. The predicted octanol–water partition coefficient (Wildman–Crippen LogP) is 6.75. The maximum absolute atomic E-state index is 13.0. The van der Waals surface area contributed by atoms with Crippen LogP contribution in [0.15, 0.2) is 79.1 Å². The van der Waals surface area contributed by atoms with Gasteiger partial charge >= 0.3 is 6.09 Å². The molecule has 2 aromatic carbocycles. The number of non-ortho nitro benzene ring substituents is 1. The molecule has 1 saturated heterocycles. The van der Waals surface area contributed by atoms with E-state index in [4.69, 9.17) is 9.16 Å². The molecule has 0 aromatic heterocycles. The van der Waals surface area contributed by atoms with Crippen molar-refractivity contribution in [3.63, 3.8) is 0 Å². The first kappa shape index (κ1) is 28.8. The van der Waals surface area contributed by atoms with Crippen molar-refractivity contribution >= 4 is 26.0 Å². The largest absolute Gasteiger partial charge is 0.549 e. The van der Waals surface area contributed by atoms with E-state index in [9.17, 15) is 19.7 Å². The van der Waals surface area contributed by atoms with E-state index in [1.54, 1.807) is 24.5 Å². The van der Waals surface area contributed by atoms with Crippen LogP contribution in [0, 0.1) is 10.1 Å². The molecule has 1 fully saturated rings. The second-order valence-corrected chi connectivity index (χ2v) is 15.7. The van der Waals surface area contributed by atoms with Crippen molar-refractivity contribution in [2.24, 2.45) is 0 Å². The van der Waals surface area contributed by atoms with E-state index in [0.29, 0.717) is 12.8 Å². The predicted molar refractivity (Wildman–Crippen MR) is 149 cm³/mol. The number of nitro benzene ring substituents is 1. The summed E-state index contributed by atoms with van der Waals surface area (Å²) in [5.41, 5.74) is 1.88. The Kier molecular flexibility index (Phi) is 9.27. The Hall–Kier alpha value is -3.72. The molecule has 8 nitrogen and oxygen atoms in total. The summed E-state index contributed by atoms with van der Waals surface area (Å²) < 4.78 is 11.4. The Morgan fingerprint density at radius 2 is 1.84 bits per heavy atom. The summed E-state index contributed by atoms with van der Waals surface area (Å²) in [6, 6.07) is 15.6. The van der Waals surface area contributed by atoms with Gasteiger partial charge in [0.25, 0.3) is 11.6 Å². The summed E-state index contributed by atoms with van der Waals surface area (Å²) in [5.74, 6) is -0.618. The molecule has 0 saturated carbocycles. The number of hydrogen-bond donors (Lipinski definition) is 0. The first-order chi connectivity index (χ1) is 17.9. The van der Waals surface area contributed by atoms with E-state index >= 15 is 0 Å². The third kappa shape index (κ3) is 7.41. The van der Waals surface area contributed by atoms with Crippen LogP contribution in [0.3, 0.4) is 0 Å². The van der Waals surface area contributed by atoms with Crippen LogP contribution in [0.4, 0.5) is 10.5 Å². The Morgan fingerprint density at radius 3 is 2.45 bits per heavy atom. The number of imide groups is 1. The Balaban J connectivity index is 1.74. The second-order valence-electron chi connectivity index (χ2n) is 10.9. The van der Waals surface area contributed by atoms with E-state index in [1.165, 1.54) is 23.1 Å². The lowest BCUT2D eigenvalue weighted by Crippen LogP contribution is -2.39. The number of ether oxygens (including phenoxy) is 1. The molecule has 202 valence electrons. The van der Waals surface area contributed by atoms with Gasteiger partial charge in [-0.1, -0.05) is 69.3 Å². The third-order valence-corrected chi connectivity index (χ3v) is 11.5. The van der Waals surface area contributed by atoms with Gasteiger partial charge in [0.05, 0.1) is 17.2 Å². The van der Waals surface area contributed by atoms with Crippen molar-refractivity contribution in [1.29, 1.82) is 0 Å². The number of cyclic esters (lactones) is 1. The van der Waals surface area contributed by atoms with Gasteiger partial charge in [0.15, 0.2) is 0 Å². The van der Waals surface area contributed by atoms with Crippen molar-refractivity contribution in [2.45, 2.75) is 63.7 Å².